The van der Waals surface area contributed by atoms with Gasteiger partial charge in [-0.1, -0.05) is 35.8 Å². The van der Waals surface area contributed by atoms with E-state index in [2.05, 4.69) is 20.3 Å². The second kappa shape index (κ2) is 10.5. The summed E-state index contributed by atoms with van der Waals surface area (Å²) >= 11 is 6.90. The van der Waals surface area contributed by atoms with Crippen molar-refractivity contribution in [1.29, 1.82) is 0 Å². The number of unbranched alkanes of at least 4 members (excludes halogenated alkanes) is 1. The van der Waals surface area contributed by atoms with Gasteiger partial charge in [-0.2, -0.15) is 4.39 Å². The van der Waals surface area contributed by atoms with Gasteiger partial charge in [-0.25, -0.2) is 13.6 Å². The second-order valence-electron chi connectivity index (χ2n) is 6.67. The van der Waals surface area contributed by atoms with Crippen LogP contribution in [0.5, 0.6) is 0 Å². The van der Waals surface area contributed by atoms with Crippen molar-refractivity contribution in [2.24, 2.45) is 0 Å². The van der Waals surface area contributed by atoms with Crippen molar-refractivity contribution in [3.63, 3.8) is 0 Å². The minimum atomic E-state index is -1.93. The predicted molar refractivity (Wildman–Crippen MR) is 111 cm³/mol. The average molecular weight is 449 g/mol. The SMILES string of the molecule is O=S(Nc1ncc(F)s1)c1cc(Cl)c(NCCCCNC2CCCC2)cc1F. The van der Waals surface area contributed by atoms with Crippen molar-refractivity contribution in [3.05, 3.63) is 34.3 Å². The first-order valence-electron chi connectivity index (χ1n) is 9.29. The smallest absolute Gasteiger partial charge is 0.198 e. The molecule has 1 aliphatic carbocycles. The van der Waals surface area contributed by atoms with Gasteiger partial charge in [0, 0.05) is 12.6 Å². The Morgan fingerprint density at radius 2 is 1.96 bits per heavy atom. The average Bonchev–Trinajstić information content (AvgIpc) is 3.32. The number of nitrogens with zero attached hydrogens (tertiary/aromatic N) is 1. The maximum absolute atomic E-state index is 14.4. The van der Waals surface area contributed by atoms with Crippen LogP contribution in [0.1, 0.15) is 38.5 Å². The van der Waals surface area contributed by atoms with E-state index in [4.69, 9.17) is 11.6 Å². The fourth-order valence-electron chi connectivity index (χ4n) is 3.15. The molecule has 0 radical (unpaired) electrons. The number of benzene rings is 1. The molecule has 10 heteroatoms. The van der Waals surface area contributed by atoms with Crippen molar-refractivity contribution in [3.8, 4) is 0 Å². The maximum atomic E-state index is 14.4. The van der Waals surface area contributed by atoms with Crippen molar-refractivity contribution in [2.75, 3.05) is 23.1 Å². The van der Waals surface area contributed by atoms with Gasteiger partial charge in [0.25, 0.3) is 0 Å². The fraction of sp³-hybridized carbons (Fsp3) is 0.500. The van der Waals surface area contributed by atoms with E-state index in [0.29, 0.717) is 29.6 Å². The lowest BCUT2D eigenvalue weighted by atomic mass is 10.2. The van der Waals surface area contributed by atoms with E-state index in [0.717, 1.165) is 25.6 Å². The predicted octanol–water partition coefficient (Wildman–Crippen LogP) is 4.93. The number of hydrogen-bond donors (Lipinski definition) is 3. The first kappa shape index (κ1) is 21.4. The van der Waals surface area contributed by atoms with Crippen LogP contribution in [0.25, 0.3) is 0 Å². The maximum Gasteiger partial charge on any atom is 0.198 e. The largest absolute Gasteiger partial charge is 0.384 e. The van der Waals surface area contributed by atoms with E-state index in [-0.39, 0.29) is 15.0 Å². The summed E-state index contributed by atoms with van der Waals surface area (Å²) in [5.41, 5.74) is 0.462. The van der Waals surface area contributed by atoms with Crippen LogP contribution in [0.2, 0.25) is 5.02 Å². The van der Waals surface area contributed by atoms with Crippen LogP contribution >= 0.6 is 22.9 Å². The molecule has 1 heterocycles. The molecule has 0 spiro atoms. The van der Waals surface area contributed by atoms with Gasteiger partial charge < -0.3 is 10.6 Å². The van der Waals surface area contributed by atoms with Crippen molar-refractivity contribution < 1.29 is 13.0 Å². The molecule has 1 saturated carbocycles. The molecule has 1 unspecified atom stereocenters. The van der Waals surface area contributed by atoms with Gasteiger partial charge >= 0.3 is 0 Å². The molecule has 0 saturated heterocycles. The third-order valence-electron chi connectivity index (χ3n) is 4.59. The minimum Gasteiger partial charge on any atom is -0.384 e. The zero-order valence-electron chi connectivity index (χ0n) is 15.3. The Morgan fingerprint density at radius 1 is 1.21 bits per heavy atom. The van der Waals surface area contributed by atoms with Crippen LogP contribution in [-0.2, 0) is 11.0 Å². The van der Waals surface area contributed by atoms with Crippen LogP contribution in [0.3, 0.4) is 0 Å². The zero-order chi connectivity index (χ0) is 19.9. The van der Waals surface area contributed by atoms with E-state index in [1.807, 2.05) is 0 Å². The number of rotatable bonds is 10. The van der Waals surface area contributed by atoms with Gasteiger partial charge in [-0.3, -0.25) is 4.72 Å². The van der Waals surface area contributed by atoms with Gasteiger partial charge in [0.05, 0.1) is 21.8 Å². The summed E-state index contributed by atoms with van der Waals surface area (Å²) in [7, 11) is -1.93. The van der Waals surface area contributed by atoms with E-state index in [1.54, 1.807) is 0 Å². The Morgan fingerprint density at radius 3 is 2.68 bits per heavy atom. The molecule has 1 aliphatic rings. The molecule has 1 aromatic heterocycles. The van der Waals surface area contributed by atoms with E-state index < -0.39 is 21.9 Å². The van der Waals surface area contributed by atoms with E-state index >= 15 is 0 Å². The Labute approximate surface area is 174 Å². The monoisotopic (exact) mass is 448 g/mol. The topological polar surface area (TPSA) is 66.0 Å². The lowest BCUT2D eigenvalue weighted by Crippen LogP contribution is -2.27. The molecule has 0 amide bonds. The number of aromatic nitrogens is 1. The van der Waals surface area contributed by atoms with Crippen molar-refractivity contribution in [1.82, 2.24) is 10.3 Å². The molecule has 28 heavy (non-hydrogen) atoms. The lowest BCUT2D eigenvalue weighted by molar-refractivity contribution is 0.510. The molecule has 0 aliphatic heterocycles. The van der Waals surface area contributed by atoms with E-state index in [1.165, 1.54) is 37.8 Å². The molecule has 1 fully saturated rings. The van der Waals surface area contributed by atoms with Gasteiger partial charge in [0.15, 0.2) is 21.2 Å². The third-order valence-corrected chi connectivity index (χ3v) is 6.82. The summed E-state index contributed by atoms with van der Waals surface area (Å²) in [5, 5.41) is 6.55. The highest BCUT2D eigenvalue weighted by Crippen LogP contribution is 2.28. The van der Waals surface area contributed by atoms with Crippen LogP contribution in [-0.4, -0.2) is 28.3 Å². The molecule has 1 atom stereocenters. The van der Waals surface area contributed by atoms with Gasteiger partial charge in [0.2, 0.25) is 0 Å². The highest BCUT2D eigenvalue weighted by atomic mass is 35.5. The van der Waals surface area contributed by atoms with Crippen LogP contribution in [0, 0.1) is 10.9 Å². The molecule has 3 rings (SSSR count). The summed E-state index contributed by atoms with van der Waals surface area (Å²) in [6.07, 6.45) is 8.15. The molecule has 5 nitrogen and oxygen atoms in total. The van der Waals surface area contributed by atoms with Crippen LogP contribution in [0.4, 0.5) is 19.6 Å². The molecular weight excluding hydrogens is 426 g/mol. The van der Waals surface area contributed by atoms with Gasteiger partial charge in [-0.05, 0) is 44.4 Å². The Balaban J connectivity index is 1.46. The number of anilines is 2. The van der Waals surface area contributed by atoms with Gasteiger partial charge in [-0.15, -0.1) is 0 Å². The Bertz CT molecular complexity index is 815. The Hall–Kier alpha value is -1.29. The molecular formula is C18H23ClF2N4OS2. The quantitative estimate of drug-likeness (QED) is 0.451. The summed E-state index contributed by atoms with van der Waals surface area (Å²) in [4.78, 5) is 3.60. The highest BCUT2D eigenvalue weighted by Gasteiger charge is 2.16. The van der Waals surface area contributed by atoms with E-state index in [9.17, 15) is 13.0 Å². The van der Waals surface area contributed by atoms with Crippen molar-refractivity contribution >= 4 is 44.7 Å². The third kappa shape index (κ3) is 6.10. The summed E-state index contributed by atoms with van der Waals surface area (Å²) in [5.74, 6) is -0.655. The first-order chi connectivity index (χ1) is 13.5. The summed E-state index contributed by atoms with van der Waals surface area (Å²) in [6, 6.07) is 3.21. The lowest BCUT2D eigenvalue weighted by Gasteiger charge is -2.13. The number of nitrogens with one attached hydrogen (secondary N) is 3. The number of hydrogen-bond acceptors (Lipinski definition) is 5. The van der Waals surface area contributed by atoms with Crippen molar-refractivity contribution in [2.45, 2.75) is 49.5 Å². The molecule has 2 aromatic rings. The normalized spacial score (nSPS) is 15.7. The summed E-state index contributed by atoms with van der Waals surface area (Å²) < 4.78 is 42.1. The molecule has 3 N–H and O–H groups in total. The zero-order valence-corrected chi connectivity index (χ0v) is 17.7. The fourth-order valence-corrected chi connectivity index (χ4v) is 5.02. The molecule has 154 valence electrons. The van der Waals surface area contributed by atoms with Crippen LogP contribution < -0.4 is 15.4 Å². The van der Waals surface area contributed by atoms with Gasteiger partial charge in [0.1, 0.15) is 5.82 Å². The minimum absolute atomic E-state index is 0.105. The standard InChI is InChI=1S/C18H23ClF2N4OS2/c19-13-9-16(28(26)25-18-24-11-17(21)27-18)14(20)10-15(13)23-8-4-3-7-22-12-5-1-2-6-12/h9-12,22-23H,1-8H2,(H,24,25). The molecule has 1 aromatic carbocycles. The highest BCUT2D eigenvalue weighted by molar-refractivity contribution is 7.86. The molecule has 0 bridgehead atoms. The summed E-state index contributed by atoms with van der Waals surface area (Å²) in [6.45, 7) is 1.65. The number of thiazole rings is 1. The number of halogens is 3. The van der Waals surface area contributed by atoms with Crippen LogP contribution in [0.15, 0.2) is 23.2 Å². The second-order valence-corrected chi connectivity index (χ2v) is 9.24. The first-order valence-corrected chi connectivity index (χ1v) is 11.6. The Kier molecular flexibility index (Phi) is 8.01.